The van der Waals surface area contributed by atoms with Crippen molar-refractivity contribution in [1.29, 1.82) is 0 Å². The topological polar surface area (TPSA) is 84.5 Å². The van der Waals surface area contributed by atoms with Gasteiger partial charge in [-0.1, -0.05) is 43.3 Å². The number of carbonyl (C=O) groups excluding carboxylic acids is 3. The summed E-state index contributed by atoms with van der Waals surface area (Å²) in [6.07, 6.45) is 0.616. The van der Waals surface area contributed by atoms with Crippen molar-refractivity contribution in [2.24, 2.45) is 0 Å². The highest BCUT2D eigenvalue weighted by Crippen LogP contribution is 2.29. The summed E-state index contributed by atoms with van der Waals surface area (Å²) >= 11 is 1.43. The molecule has 7 heteroatoms. The van der Waals surface area contributed by atoms with Crippen molar-refractivity contribution in [2.45, 2.75) is 30.4 Å². The monoisotopic (exact) mass is 512 g/mol. The molecule has 0 saturated carbocycles. The molecule has 4 rings (SSSR count). The second-order valence-electron chi connectivity index (χ2n) is 8.35. The average Bonchev–Trinajstić information content (AvgIpc) is 2.92. The highest BCUT2D eigenvalue weighted by atomic mass is 32.2. The number of rotatable bonds is 9. The summed E-state index contributed by atoms with van der Waals surface area (Å²) in [5.74, 6) is -0.721. The molecular weight excluding hydrogens is 484 g/mol. The molecule has 0 aliphatic heterocycles. The Bertz CT molecular complexity index is 1420. The molecule has 0 bridgehead atoms. The Hall–Kier alpha value is -4.10. The van der Waals surface area contributed by atoms with Crippen LogP contribution in [0, 0.1) is 0 Å². The van der Waals surface area contributed by atoms with E-state index in [2.05, 4.69) is 10.6 Å². The Balaban J connectivity index is 1.39. The number of carbonyl (C=O) groups is 3. The van der Waals surface area contributed by atoms with E-state index in [0.717, 1.165) is 15.7 Å². The van der Waals surface area contributed by atoms with Gasteiger partial charge in [0.25, 0.3) is 5.91 Å². The minimum Gasteiger partial charge on any atom is -0.462 e. The van der Waals surface area contributed by atoms with Gasteiger partial charge in [-0.15, -0.1) is 11.8 Å². The van der Waals surface area contributed by atoms with Crippen molar-refractivity contribution >= 4 is 51.7 Å². The third-order valence-corrected chi connectivity index (χ3v) is 7.07. The molecule has 2 amide bonds. The maximum atomic E-state index is 12.9. The summed E-state index contributed by atoms with van der Waals surface area (Å²) in [5.41, 5.74) is 2.28. The number of ether oxygens (including phenoxy) is 1. The molecule has 0 fully saturated rings. The van der Waals surface area contributed by atoms with Crippen molar-refractivity contribution in [3.8, 4) is 0 Å². The lowest BCUT2D eigenvalue weighted by Crippen LogP contribution is -2.24. The van der Waals surface area contributed by atoms with Crippen molar-refractivity contribution in [3.05, 3.63) is 102 Å². The molecule has 0 aromatic heterocycles. The van der Waals surface area contributed by atoms with Crippen LogP contribution in [0.25, 0.3) is 10.8 Å². The second kappa shape index (κ2) is 12.2. The molecule has 0 saturated heterocycles. The van der Waals surface area contributed by atoms with Gasteiger partial charge < -0.3 is 15.4 Å². The zero-order valence-electron chi connectivity index (χ0n) is 20.7. The average molecular weight is 513 g/mol. The van der Waals surface area contributed by atoms with E-state index in [1.54, 1.807) is 31.2 Å². The summed E-state index contributed by atoms with van der Waals surface area (Å²) in [4.78, 5) is 38.5. The second-order valence-corrected chi connectivity index (χ2v) is 9.62. The van der Waals surface area contributed by atoms with Gasteiger partial charge in [0.05, 0.1) is 17.4 Å². The fourth-order valence-corrected chi connectivity index (χ4v) is 4.81. The van der Waals surface area contributed by atoms with Gasteiger partial charge in [-0.05, 0) is 78.7 Å². The van der Waals surface area contributed by atoms with Gasteiger partial charge in [0.1, 0.15) is 0 Å². The third kappa shape index (κ3) is 6.77. The van der Waals surface area contributed by atoms with Gasteiger partial charge in [0, 0.05) is 21.8 Å². The van der Waals surface area contributed by atoms with Crippen LogP contribution in [0.5, 0.6) is 0 Å². The molecule has 4 aromatic rings. The largest absolute Gasteiger partial charge is 0.462 e. The molecule has 0 aliphatic rings. The first kappa shape index (κ1) is 26.0. The molecule has 1 unspecified atom stereocenters. The maximum Gasteiger partial charge on any atom is 0.338 e. The van der Waals surface area contributed by atoms with Crippen LogP contribution in [0.4, 0.5) is 11.4 Å². The molecule has 2 N–H and O–H groups in total. The van der Waals surface area contributed by atoms with E-state index >= 15 is 0 Å². The zero-order chi connectivity index (χ0) is 26.2. The van der Waals surface area contributed by atoms with Crippen LogP contribution < -0.4 is 10.6 Å². The molecule has 0 radical (unpaired) electrons. The van der Waals surface area contributed by atoms with Crippen molar-refractivity contribution in [3.63, 3.8) is 0 Å². The summed E-state index contributed by atoms with van der Waals surface area (Å²) in [5, 5.41) is 7.62. The first-order chi connectivity index (χ1) is 18.0. The highest BCUT2D eigenvalue weighted by Gasteiger charge is 2.19. The Morgan fingerprint density at radius 1 is 0.757 bits per heavy atom. The van der Waals surface area contributed by atoms with Gasteiger partial charge in [-0.3, -0.25) is 9.59 Å². The van der Waals surface area contributed by atoms with E-state index in [4.69, 9.17) is 4.74 Å². The van der Waals surface area contributed by atoms with Gasteiger partial charge in [0.15, 0.2) is 0 Å². The predicted octanol–water partition coefficient (Wildman–Crippen LogP) is 6.78. The molecule has 0 heterocycles. The number of esters is 1. The molecule has 188 valence electrons. The van der Waals surface area contributed by atoms with Gasteiger partial charge in [0.2, 0.25) is 5.91 Å². The summed E-state index contributed by atoms with van der Waals surface area (Å²) in [6.45, 7) is 4.01. The van der Waals surface area contributed by atoms with Crippen molar-refractivity contribution in [2.75, 3.05) is 17.2 Å². The Labute approximate surface area is 220 Å². The molecular formula is C30H28N2O4S. The van der Waals surface area contributed by atoms with Gasteiger partial charge in [-0.25, -0.2) is 4.79 Å². The Morgan fingerprint density at radius 3 is 2.22 bits per heavy atom. The predicted molar refractivity (Wildman–Crippen MR) is 149 cm³/mol. The lowest BCUT2D eigenvalue weighted by atomic mass is 10.1. The fourth-order valence-electron chi connectivity index (χ4n) is 3.79. The number of benzene rings is 4. The lowest BCUT2D eigenvalue weighted by molar-refractivity contribution is -0.115. The summed E-state index contributed by atoms with van der Waals surface area (Å²) in [6, 6.07) is 27.6. The number of hydrogen-bond donors (Lipinski definition) is 2. The number of anilines is 2. The normalized spacial score (nSPS) is 11.5. The van der Waals surface area contributed by atoms with E-state index in [-0.39, 0.29) is 17.1 Å². The zero-order valence-corrected chi connectivity index (χ0v) is 21.5. The summed E-state index contributed by atoms with van der Waals surface area (Å²) < 4.78 is 4.99. The molecule has 4 aromatic carbocycles. The first-order valence-electron chi connectivity index (χ1n) is 12.1. The number of hydrogen-bond acceptors (Lipinski definition) is 5. The molecule has 1 atom stereocenters. The number of thioether (sulfide) groups is 1. The lowest BCUT2D eigenvalue weighted by Gasteiger charge is -2.16. The van der Waals surface area contributed by atoms with Crippen LogP contribution in [-0.2, 0) is 9.53 Å². The van der Waals surface area contributed by atoms with E-state index in [9.17, 15) is 14.4 Å². The number of amides is 2. The van der Waals surface area contributed by atoms with Crippen molar-refractivity contribution in [1.82, 2.24) is 0 Å². The molecule has 0 spiro atoms. The fraction of sp³-hybridized carbons (Fsp3) is 0.167. The van der Waals surface area contributed by atoms with Gasteiger partial charge >= 0.3 is 5.97 Å². The molecule has 37 heavy (non-hydrogen) atoms. The van der Waals surface area contributed by atoms with Crippen LogP contribution in [0.2, 0.25) is 0 Å². The third-order valence-electron chi connectivity index (χ3n) is 5.71. The molecule has 6 nitrogen and oxygen atoms in total. The smallest absolute Gasteiger partial charge is 0.338 e. The summed E-state index contributed by atoms with van der Waals surface area (Å²) in [7, 11) is 0. The van der Waals surface area contributed by atoms with Crippen LogP contribution in [0.3, 0.4) is 0 Å². The minimum absolute atomic E-state index is 0.137. The SMILES string of the molecule is CCOC(=O)c1ccc(NC(=O)C(CC)Sc2cccc(NC(=O)c3ccc4ccccc4c3)c2)cc1. The number of nitrogens with one attached hydrogen (secondary N) is 2. The Kier molecular flexibility index (Phi) is 8.59. The van der Waals surface area contributed by atoms with E-state index in [1.807, 2.05) is 73.7 Å². The van der Waals surface area contributed by atoms with Crippen LogP contribution >= 0.6 is 11.8 Å². The quantitative estimate of drug-likeness (QED) is 0.191. The first-order valence-corrected chi connectivity index (χ1v) is 13.0. The van der Waals surface area contributed by atoms with Crippen molar-refractivity contribution < 1.29 is 19.1 Å². The standard InChI is InChI=1S/C30H28N2O4S/c1-3-27(29(34)31-24-16-14-21(15-17-24)30(35)36-4-2)37-26-11-7-10-25(19-26)32-28(33)23-13-12-20-8-5-6-9-22(20)18-23/h5-19,27H,3-4H2,1-2H3,(H,31,34)(H,32,33). The van der Waals surface area contributed by atoms with Crippen LogP contribution in [0.15, 0.2) is 95.9 Å². The minimum atomic E-state index is -0.394. The van der Waals surface area contributed by atoms with Gasteiger partial charge in [-0.2, -0.15) is 0 Å². The maximum absolute atomic E-state index is 12.9. The Morgan fingerprint density at radius 2 is 1.49 bits per heavy atom. The van der Waals surface area contributed by atoms with E-state index in [1.165, 1.54) is 11.8 Å². The van der Waals surface area contributed by atoms with Crippen LogP contribution in [0.1, 0.15) is 41.0 Å². The highest BCUT2D eigenvalue weighted by molar-refractivity contribution is 8.00. The number of fused-ring (bicyclic) bond motifs is 1. The van der Waals surface area contributed by atoms with Crippen LogP contribution in [-0.4, -0.2) is 29.6 Å². The van der Waals surface area contributed by atoms with E-state index in [0.29, 0.717) is 35.5 Å². The van der Waals surface area contributed by atoms with E-state index < -0.39 is 5.97 Å². The molecule has 0 aliphatic carbocycles.